The molecule has 0 aliphatic heterocycles. The number of nitrogens with zero attached hydrogens (tertiary/aromatic N) is 1. The highest BCUT2D eigenvalue weighted by Crippen LogP contribution is 2.17. The summed E-state index contributed by atoms with van der Waals surface area (Å²) < 4.78 is 0. The number of carbonyl (C=O) groups excluding carboxylic acids is 1. The molecule has 0 aliphatic carbocycles. The third-order valence-corrected chi connectivity index (χ3v) is 3.56. The van der Waals surface area contributed by atoms with Crippen LogP contribution in [-0.4, -0.2) is 34.5 Å². The van der Waals surface area contributed by atoms with E-state index in [1.807, 2.05) is 4.90 Å². The standard InChI is InChI=1S/C17H25NO3/c1-5-15(6-2)18(11-12(3)4)16(19)13-8-7-9-14(10-13)17(20)21/h7-10,12,15H,5-6,11H2,1-4H3,(H,20,21). The van der Waals surface area contributed by atoms with Gasteiger partial charge >= 0.3 is 5.97 Å². The molecule has 0 aliphatic rings. The van der Waals surface area contributed by atoms with E-state index in [1.54, 1.807) is 12.1 Å². The van der Waals surface area contributed by atoms with E-state index in [2.05, 4.69) is 27.7 Å². The summed E-state index contributed by atoms with van der Waals surface area (Å²) in [7, 11) is 0. The molecule has 0 atom stereocenters. The van der Waals surface area contributed by atoms with Crippen LogP contribution >= 0.6 is 0 Å². The minimum absolute atomic E-state index is 0.0829. The first kappa shape index (κ1) is 17.2. The van der Waals surface area contributed by atoms with Gasteiger partial charge in [-0.3, -0.25) is 4.79 Å². The summed E-state index contributed by atoms with van der Waals surface area (Å²) in [6, 6.07) is 6.46. The topological polar surface area (TPSA) is 57.6 Å². The lowest BCUT2D eigenvalue weighted by atomic mass is 10.0. The molecule has 1 aromatic carbocycles. The Bertz CT molecular complexity index is 493. The number of aromatic carboxylic acids is 1. The summed E-state index contributed by atoms with van der Waals surface area (Å²) in [6.07, 6.45) is 1.79. The molecule has 1 rings (SSSR count). The lowest BCUT2D eigenvalue weighted by Gasteiger charge is -2.32. The molecule has 116 valence electrons. The molecule has 4 nitrogen and oxygen atoms in total. The highest BCUT2D eigenvalue weighted by atomic mass is 16.4. The van der Waals surface area contributed by atoms with Crippen LogP contribution in [0.1, 0.15) is 61.3 Å². The van der Waals surface area contributed by atoms with E-state index in [0.29, 0.717) is 18.0 Å². The summed E-state index contributed by atoms with van der Waals surface area (Å²) in [6.45, 7) is 8.99. The first-order chi connectivity index (χ1) is 9.90. The number of hydrogen-bond acceptors (Lipinski definition) is 2. The second kappa shape index (κ2) is 7.81. The Morgan fingerprint density at radius 3 is 2.19 bits per heavy atom. The van der Waals surface area contributed by atoms with Gasteiger partial charge in [-0.1, -0.05) is 33.8 Å². The van der Waals surface area contributed by atoms with Crippen molar-refractivity contribution in [2.45, 2.75) is 46.6 Å². The fourth-order valence-electron chi connectivity index (χ4n) is 2.47. The Hall–Kier alpha value is -1.84. The monoisotopic (exact) mass is 291 g/mol. The highest BCUT2D eigenvalue weighted by molar-refractivity contribution is 5.97. The van der Waals surface area contributed by atoms with Crippen molar-refractivity contribution in [1.29, 1.82) is 0 Å². The second-order valence-corrected chi connectivity index (χ2v) is 5.71. The number of carbonyl (C=O) groups is 2. The molecular weight excluding hydrogens is 266 g/mol. The van der Waals surface area contributed by atoms with E-state index in [9.17, 15) is 9.59 Å². The van der Waals surface area contributed by atoms with E-state index in [0.717, 1.165) is 12.8 Å². The first-order valence-electron chi connectivity index (χ1n) is 7.54. The van der Waals surface area contributed by atoms with Crippen molar-refractivity contribution in [2.75, 3.05) is 6.54 Å². The minimum Gasteiger partial charge on any atom is -0.478 e. The van der Waals surface area contributed by atoms with Gasteiger partial charge in [0.1, 0.15) is 0 Å². The molecule has 0 aromatic heterocycles. The van der Waals surface area contributed by atoms with Gasteiger partial charge in [-0.2, -0.15) is 0 Å². The molecule has 0 unspecified atom stereocenters. The van der Waals surface area contributed by atoms with Crippen LogP contribution < -0.4 is 0 Å². The molecule has 1 N–H and O–H groups in total. The smallest absolute Gasteiger partial charge is 0.335 e. The van der Waals surface area contributed by atoms with Crippen molar-refractivity contribution in [3.05, 3.63) is 35.4 Å². The number of amides is 1. The zero-order valence-corrected chi connectivity index (χ0v) is 13.3. The number of carboxylic acid groups (broad SMARTS) is 1. The fraction of sp³-hybridized carbons (Fsp3) is 0.529. The molecule has 21 heavy (non-hydrogen) atoms. The molecule has 0 bridgehead atoms. The van der Waals surface area contributed by atoms with Crippen molar-refractivity contribution in [2.24, 2.45) is 5.92 Å². The Morgan fingerprint density at radius 1 is 1.14 bits per heavy atom. The quantitative estimate of drug-likeness (QED) is 0.834. The van der Waals surface area contributed by atoms with Crippen LogP contribution in [0.2, 0.25) is 0 Å². The van der Waals surface area contributed by atoms with E-state index >= 15 is 0 Å². The molecule has 1 aromatic rings. The van der Waals surface area contributed by atoms with E-state index in [-0.39, 0.29) is 17.5 Å². The van der Waals surface area contributed by atoms with Crippen LogP contribution in [0, 0.1) is 5.92 Å². The molecule has 0 heterocycles. The average molecular weight is 291 g/mol. The van der Waals surface area contributed by atoms with Gasteiger partial charge in [0.15, 0.2) is 0 Å². The summed E-state index contributed by atoms with van der Waals surface area (Å²) in [5.74, 6) is -0.722. The maximum atomic E-state index is 12.7. The van der Waals surface area contributed by atoms with Gasteiger partial charge in [0.25, 0.3) is 5.91 Å². The molecule has 0 fully saturated rings. The molecule has 0 saturated heterocycles. The maximum absolute atomic E-state index is 12.7. The predicted molar refractivity (Wildman–Crippen MR) is 83.6 cm³/mol. The van der Waals surface area contributed by atoms with Crippen molar-refractivity contribution in [1.82, 2.24) is 4.90 Å². The Morgan fingerprint density at radius 2 is 1.71 bits per heavy atom. The first-order valence-corrected chi connectivity index (χ1v) is 7.54. The fourth-order valence-corrected chi connectivity index (χ4v) is 2.47. The largest absolute Gasteiger partial charge is 0.478 e. The normalized spacial score (nSPS) is 11.0. The zero-order valence-electron chi connectivity index (χ0n) is 13.3. The van der Waals surface area contributed by atoms with Gasteiger partial charge in [0.2, 0.25) is 0 Å². The lowest BCUT2D eigenvalue weighted by Crippen LogP contribution is -2.42. The van der Waals surface area contributed by atoms with Crippen LogP contribution in [0.3, 0.4) is 0 Å². The SMILES string of the molecule is CCC(CC)N(CC(C)C)C(=O)c1cccc(C(=O)O)c1. The predicted octanol–water partition coefficient (Wildman–Crippen LogP) is 3.67. The van der Waals surface area contributed by atoms with E-state index in [4.69, 9.17) is 5.11 Å². The number of benzene rings is 1. The molecule has 0 spiro atoms. The highest BCUT2D eigenvalue weighted by Gasteiger charge is 2.23. The van der Waals surface area contributed by atoms with Crippen LogP contribution in [0.25, 0.3) is 0 Å². The third kappa shape index (κ3) is 4.59. The van der Waals surface area contributed by atoms with Crippen LogP contribution in [0.15, 0.2) is 24.3 Å². The van der Waals surface area contributed by atoms with E-state index < -0.39 is 5.97 Å². The molecule has 0 saturated carbocycles. The van der Waals surface area contributed by atoms with Crippen molar-refractivity contribution in [3.8, 4) is 0 Å². The summed E-state index contributed by atoms with van der Waals surface area (Å²) >= 11 is 0. The van der Waals surface area contributed by atoms with E-state index in [1.165, 1.54) is 12.1 Å². The van der Waals surface area contributed by atoms with Gasteiger partial charge in [-0.15, -0.1) is 0 Å². The molecular formula is C17H25NO3. The Labute approximate surface area is 126 Å². The minimum atomic E-state index is -1.01. The zero-order chi connectivity index (χ0) is 16.0. The van der Waals surface area contributed by atoms with Crippen molar-refractivity contribution in [3.63, 3.8) is 0 Å². The lowest BCUT2D eigenvalue weighted by molar-refractivity contribution is 0.0640. The molecule has 4 heteroatoms. The van der Waals surface area contributed by atoms with Crippen molar-refractivity contribution >= 4 is 11.9 Å². The van der Waals surface area contributed by atoms with Crippen LogP contribution in [0.5, 0.6) is 0 Å². The summed E-state index contributed by atoms with van der Waals surface area (Å²) in [5.41, 5.74) is 0.595. The second-order valence-electron chi connectivity index (χ2n) is 5.71. The summed E-state index contributed by atoms with van der Waals surface area (Å²) in [5, 5.41) is 9.05. The molecule has 1 amide bonds. The molecule has 0 radical (unpaired) electrons. The number of hydrogen-bond donors (Lipinski definition) is 1. The Kier molecular flexibility index (Phi) is 6.40. The number of carboxylic acids is 1. The average Bonchev–Trinajstić information content (AvgIpc) is 2.46. The third-order valence-electron chi connectivity index (χ3n) is 3.56. The van der Waals surface area contributed by atoms with Crippen LogP contribution in [0.4, 0.5) is 0 Å². The Balaban J connectivity index is 3.09. The van der Waals surface area contributed by atoms with Gasteiger partial charge in [-0.25, -0.2) is 4.79 Å². The van der Waals surface area contributed by atoms with Crippen molar-refractivity contribution < 1.29 is 14.7 Å². The van der Waals surface area contributed by atoms with Crippen LogP contribution in [-0.2, 0) is 0 Å². The van der Waals surface area contributed by atoms with Gasteiger partial charge in [-0.05, 0) is 37.0 Å². The number of rotatable bonds is 7. The summed E-state index contributed by atoms with van der Waals surface area (Å²) in [4.78, 5) is 25.7. The van der Waals surface area contributed by atoms with Gasteiger partial charge < -0.3 is 10.0 Å². The maximum Gasteiger partial charge on any atom is 0.335 e. The van der Waals surface area contributed by atoms with Gasteiger partial charge in [0, 0.05) is 18.2 Å². The van der Waals surface area contributed by atoms with Gasteiger partial charge in [0.05, 0.1) is 5.56 Å².